The molecule has 10 heteroatoms. The first-order chi connectivity index (χ1) is 13.7. The highest BCUT2D eigenvalue weighted by molar-refractivity contribution is 7.86. The zero-order valence-corrected chi connectivity index (χ0v) is 18.9. The normalized spacial score (nSPS) is 19.0. The van der Waals surface area contributed by atoms with Crippen LogP contribution in [0, 0.1) is 16.0 Å². The summed E-state index contributed by atoms with van der Waals surface area (Å²) in [7, 11) is -3.97. The van der Waals surface area contributed by atoms with Crippen LogP contribution in [0.2, 0.25) is 0 Å². The molecule has 1 aliphatic rings. The largest absolute Gasteiger partial charge is 0.444 e. The molecule has 0 bridgehead atoms. The monoisotopic (exact) mass is 442 g/mol. The number of nitro benzene ring substituents is 1. The second-order valence-electron chi connectivity index (χ2n) is 9.14. The van der Waals surface area contributed by atoms with Gasteiger partial charge in [0.1, 0.15) is 5.60 Å². The zero-order valence-electron chi connectivity index (χ0n) is 18.1. The Morgan fingerprint density at radius 2 is 1.87 bits per heavy atom. The number of amides is 1. The van der Waals surface area contributed by atoms with Crippen LogP contribution in [0.15, 0.2) is 29.2 Å². The van der Waals surface area contributed by atoms with Crippen LogP contribution in [-0.2, 0) is 19.0 Å². The Balaban J connectivity index is 1.85. The summed E-state index contributed by atoms with van der Waals surface area (Å²) in [6.45, 7) is 10.0. The molecule has 0 aromatic heterocycles. The van der Waals surface area contributed by atoms with E-state index in [1.54, 1.807) is 4.90 Å². The molecule has 1 saturated heterocycles. The maximum absolute atomic E-state index is 12.5. The fraction of sp³-hybridized carbons (Fsp3) is 0.650. The molecule has 0 radical (unpaired) electrons. The number of ether oxygens (including phenoxy) is 1. The molecular formula is C20H30N2O7S. The molecule has 0 N–H and O–H groups in total. The average molecular weight is 443 g/mol. The number of non-ortho nitro benzene ring substituents is 1. The molecule has 0 unspecified atom stereocenters. The van der Waals surface area contributed by atoms with Gasteiger partial charge in [-0.15, -0.1) is 0 Å². The standard InChI is InChI=1S/C20H30N2O7S/c1-19(2,3)29-18(23)21-14-15(13-20(21,4)5)7-6-12-28-30(26,27)17-10-8-16(9-11-17)22(24)25/h8-11,15H,6-7,12-14H2,1-5H3/t15-/m0/s1. The molecule has 30 heavy (non-hydrogen) atoms. The maximum Gasteiger partial charge on any atom is 0.410 e. The van der Waals surface area contributed by atoms with E-state index in [-0.39, 0.29) is 34.7 Å². The van der Waals surface area contributed by atoms with Gasteiger partial charge in [0, 0.05) is 24.2 Å². The molecule has 1 aliphatic heterocycles. The lowest BCUT2D eigenvalue weighted by Gasteiger charge is -2.33. The van der Waals surface area contributed by atoms with Crippen LogP contribution in [0.3, 0.4) is 0 Å². The molecule has 1 heterocycles. The van der Waals surface area contributed by atoms with Crippen LogP contribution in [0.1, 0.15) is 53.9 Å². The fourth-order valence-corrected chi connectivity index (χ4v) is 4.50. The molecule has 1 atom stereocenters. The second kappa shape index (κ2) is 8.89. The second-order valence-corrected chi connectivity index (χ2v) is 10.8. The van der Waals surface area contributed by atoms with Gasteiger partial charge in [0.15, 0.2) is 0 Å². The van der Waals surface area contributed by atoms with Crippen LogP contribution in [0.25, 0.3) is 0 Å². The number of rotatable bonds is 7. The first-order valence-electron chi connectivity index (χ1n) is 9.86. The van der Waals surface area contributed by atoms with Gasteiger partial charge in [0.2, 0.25) is 0 Å². The summed E-state index contributed by atoms with van der Waals surface area (Å²) >= 11 is 0. The van der Waals surface area contributed by atoms with E-state index in [1.807, 2.05) is 34.6 Å². The quantitative estimate of drug-likeness (QED) is 0.270. The van der Waals surface area contributed by atoms with E-state index in [0.29, 0.717) is 19.4 Å². The Labute approximate surface area is 177 Å². The van der Waals surface area contributed by atoms with E-state index in [0.717, 1.165) is 30.7 Å². The first-order valence-corrected chi connectivity index (χ1v) is 11.3. The average Bonchev–Trinajstić information content (AvgIpc) is 2.92. The van der Waals surface area contributed by atoms with Crippen molar-refractivity contribution in [1.82, 2.24) is 4.90 Å². The van der Waals surface area contributed by atoms with Gasteiger partial charge in [-0.2, -0.15) is 8.42 Å². The van der Waals surface area contributed by atoms with E-state index in [4.69, 9.17) is 8.92 Å². The van der Waals surface area contributed by atoms with Crippen molar-refractivity contribution in [2.24, 2.45) is 5.92 Å². The third-order valence-corrected chi connectivity index (χ3v) is 6.23. The SMILES string of the molecule is CC(C)(C)OC(=O)N1C[C@@H](CCCOS(=O)(=O)c2ccc([N+](=O)[O-])cc2)CC1(C)C. The minimum absolute atomic E-state index is 0.00267. The summed E-state index contributed by atoms with van der Waals surface area (Å²) in [5.41, 5.74) is -1.09. The van der Waals surface area contributed by atoms with E-state index in [1.165, 1.54) is 0 Å². The first kappa shape index (κ1) is 24.1. The minimum Gasteiger partial charge on any atom is -0.444 e. The molecule has 9 nitrogen and oxygen atoms in total. The highest BCUT2D eigenvalue weighted by Gasteiger charge is 2.42. The Kier molecular flexibility index (Phi) is 7.13. The van der Waals surface area contributed by atoms with E-state index < -0.39 is 20.6 Å². The van der Waals surface area contributed by atoms with Crippen molar-refractivity contribution >= 4 is 21.9 Å². The molecule has 1 amide bonds. The molecule has 1 aromatic rings. The molecule has 168 valence electrons. The Hall–Kier alpha value is -2.20. The van der Waals surface area contributed by atoms with Crippen LogP contribution in [0.5, 0.6) is 0 Å². The molecule has 1 fully saturated rings. The Morgan fingerprint density at radius 3 is 2.40 bits per heavy atom. The smallest absolute Gasteiger partial charge is 0.410 e. The van der Waals surface area contributed by atoms with E-state index in [9.17, 15) is 23.3 Å². The number of carbonyl (C=O) groups is 1. The van der Waals surface area contributed by atoms with Crippen molar-refractivity contribution in [3.05, 3.63) is 34.4 Å². The van der Waals surface area contributed by atoms with Gasteiger partial charge >= 0.3 is 6.09 Å². The number of hydrogen-bond donors (Lipinski definition) is 0. The molecule has 0 spiro atoms. The topological polar surface area (TPSA) is 116 Å². The predicted molar refractivity (Wildman–Crippen MR) is 111 cm³/mol. The number of likely N-dealkylation sites (tertiary alicyclic amines) is 1. The van der Waals surface area contributed by atoms with Gasteiger partial charge in [-0.1, -0.05) is 0 Å². The molecule has 0 aliphatic carbocycles. The predicted octanol–water partition coefficient (Wildman–Crippen LogP) is 4.12. The van der Waals surface area contributed by atoms with Crippen molar-refractivity contribution in [3.63, 3.8) is 0 Å². The number of hydrogen-bond acceptors (Lipinski definition) is 7. The lowest BCUT2D eigenvalue weighted by molar-refractivity contribution is -0.384. The Morgan fingerprint density at radius 1 is 1.27 bits per heavy atom. The molecule has 2 rings (SSSR count). The van der Waals surface area contributed by atoms with Gasteiger partial charge in [0.25, 0.3) is 15.8 Å². The Bertz CT molecular complexity index is 873. The number of carbonyl (C=O) groups excluding carboxylic acids is 1. The van der Waals surface area contributed by atoms with E-state index >= 15 is 0 Å². The summed E-state index contributed by atoms with van der Waals surface area (Å²) < 4.78 is 35.0. The molecular weight excluding hydrogens is 412 g/mol. The lowest BCUT2D eigenvalue weighted by atomic mass is 9.93. The summed E-state index contributed by atoms with van der Waals surface area (Å²) in [5, 5.41) is 10.7. The minimum atomic E-state index is -3.97. The van der Waals surface area contributed by atoms with Crippen LogP contribution in [-0.4, -0.2) is 48.6 Å². The highest BCUT2D eigenvalue weighted by atomic mass is 32.2. The van der Waals surface area contributed by atoms with Gasteiger partial charge < -0.3 is 9.64 Å². The third kappa shape index (κ3) is 6.40. The van der Waals surface area contributed by atoms with Crippen molar-refractivity contribution in [2.75, 3.05) is 13.2 Å². The van der Waals surface area contributed by atoms with Crippen LogP contribution >= 0.6 is 0 Å². The molecule has 0 saturated carbocycles. The van der Waals surface area contributed by atoms with E-state index in [2.05, 4.69) is 0 Å². The number of benzene rings is 1. The van der Waals surface area contributed by atoms with Crippen LogP contribution < -0.4 is 0 Å². The van der Waals surface area contributed by atoms with Gasteiger partial charge in [-0.05, 0) is 71.9 Å². The van der Waals surface area contributed by atoms with Gasteiger partial charge in [0.05, 0.1) is 16.4 Å². The number of nitrogens with zero attached hydrogens (tertiary/aromatic N) is 2. The fourth-order valence-electron chi connectivity index (χ4n) is 3.56. The van der Waals surface area contributed by atoms with Gasteiger partial charge in [-0.3, -0.25) is 14.3 Å². The van der Waals surface area contributed by atoms with Crippen molar-refractivity contribution in [2.45, 2.75) is 69.9 Å². The zero-order chi connectivity index (χ0) is 22.7. The van der Waals surface area contributed by atoms with Crippen LogP contribution in [0.4, 0.5) is 10.5 Å². The van der Waals surface area contributed by atoms with Crippen molar-refractivity contribution in [1.29, 1.82) is 0 Å². The molecule has 1 aromatic carbocycles. The summed E-state index contributed by atoms with van der Waals surface area (Å²) in [6, 6.07) is 4.57. The summed E-state index contributed by atoms with van der Waals surface area (Å²) in [5.74, 6) is 0.221. The number of nitro groups is 1. The van der Waals surface area contributed by atoms with Crippen molar-refractivity contribution < 1.29 is 27.1 Å². The lowest BCUT2D eigenvalue weighted by Crippen LogP contribution is -2.45. The highest BCUT2D eigenvalue weighted by Crippen LogP contribution is 2.36. The third-order valence-electron chi connectivity index (χ3n) is 4.90. The summed E-state index contributed by atoms with van der Waals surface area (Å²) in [6.07, 6.45) is 1.67. The summed E-state index contributed by atoms with van der Waals surface area (Å²) in [4.78, 5) is 24.2. The van der Waals surface area contributed by atoms with Crippen molar-refractivity contribution in [3.8, 4) is 0 Å². The maximum atomic E-state index is 12.5. The van der Waals surface area contributed by atoms with Gasteiger partial charge in [-0.25, -0.2) is 4.79 Å².